The van der Waals surface area contributed by atoms with Gasteiger partial charge in [0.15, 0.2) is 0 Å². The van der Waals surface area contributed by atoms with Crippen LogP contribution in [-0.4, -0.2) is 0 Å². The molecule has 0 amide bonds. The first kappa shape index (κ1) is 8.72. The maximum atomic E-state index is 4.25. The van der Waals surface area contributed by atoms with Gasteiger partial charge in [0, 0.05) is 5.41 Å². The average Bonchev–Trinajstić information content (AvgIpc) is 2.43. The van der Waals surface area contributed by atoms with Crippen LogP contribution in [0.25, 0.3) is 16.3 Å². The molecule has 0 aromatic heterocycles. The van der Waals surface area contributed by atoms with E-state index < -0.39 is 0 Å². The Bertz CT molecular complexity index is 568. The largest absolute Gasteiger partial charge is 0.0943 e. The van der Waals surface area contributed by atoms with E-state index in [9.17, 15) is 0 Å². The van der Waals surface area contributed by atoms with E-state index in [1.165, 1.54) is 27.5 Å². The van der Waals surface area contributed by atoms with Crippen LogP contribution in [0.1, 0.15) is 25.0 Å². The highest BCUT2D eigenvalue weighted by Gasteiger charge is 2.34. The standard InChI is InChI=1S/C15H14/c1-10-12-8-4-6-11-7-5-9-13(14(11)12)15(10,2)3/h4-9H,1H2,2-3H3. The topological polar surface area (TPSA) is 0 Å². The van der Waals surface area contributed by atoms with Crippen molar-refractivity contribution in [3.63, 3.8) is 0 Å². The Morgan fingerprint density at radius 3 is 2.40 bits per heavy atom. The van der Waals surface area contributed by atoms with Crippen LogP contribution in [-0.2, 0) is 5.41 Å². The minimum absolute atomic E-state index is 0.0865. The van der Waals surface area contributed by atoms with E-state index in [1.807, 2.05) is 0 Å². The zero-order valence-electron chi connectivity index (χ0n) is 9.17. The minimum atomic E-state index is 0.0865. The molecule has 2 aromatic carbocycles. The molecule has 2 aromatic rings. The van der Waals surface area contributed by atoms with Crippen molar-refractivity contribution < 1.29 is 0 Å². The van der Waals surface area contributed by atoms with Gasteiger partial charge in [-0.05, 0) is 27.5 Å². The summed E-state index contributed by atoms with van der Waals surface area (Å²) in [5.74, 6) is 0. The molecule has 0 N–H and O–H groups in total. The van der Waals surface area contributed by atoms with E-state index in [-0.39, 0.29) is 5.41 Å². The predicted octanol–water partition coefficient (Wildman–Crippen LogP) is 4.14. The summed E-state index contributed by atoms with van der Waals surface area (Å²) in [6.07, 6.45) is 0. The van der Waals surface area contributed by atoms with Gasteiger partial charge < -0.3 is 0 Å². The van der Waals surface area contributed by atoms with Crippen molar-refractivity contribution in [2.45, 2.75) is 19.3 Å². The first-order chi connectivity index (χ1) is 7.12. The molecule has 15 heavy (non-hydrogen) atoms. The molecule has 0 heterocycles. The fraction of sp³-hybridized carbons (Fsp3) is 0.200. The Balaban J connectivity index is 2.56. The molecular formula is C15H14. The van der Waals surface area contributed by atoms with Crippen molar-refractivity contribution in [1.82, 2.24) is 0 Å². The van der Waals surface area contributed by atoms with Crippen molar-refractivity contribution in [1.29, 1.82) is 0 Å². The van der Waals surface area contributed by atoms with Gasteiger partial charge in [0.1, 0.15) is 0 Å². The SMILES string of the molecule is C=C1c2cccc3cccc(c23)C1(C)C. The highest BCUT2D eigenvalue weighted by Crippen LogP contribution is 2.48. The lowest BCUT2D eigenvalue weighted by atomic mass is 9.82. The first-order valence-electron chi connectivity index (χ1n) is 5.34. The second-order valence-corrected chi connectivity index (χ2v) is 4.81. The molecule has 0 saturated carbocycles. The summed E-state index contributed by atoms with van der Waals surface area (Å²) < 4.78 is 0. The molecule has 0 unspecified atom stereocenters. The molecule has 0 heteroatoms. The second-order valence-electron chi connectivity index (χ2n) is 4.81. The Hall–Kier alpha value is -1.56. The van der Waals surface area contributed by atoms with Gasteiger partial charge in [0.05, 0.1) is 0 Å². The summed E-state index contributed by atoms with van der Waals surface area (Å²) in [6.45, 7) is 8.75. The molecule has 0 nitrogen and oxygen atoms in total. The molecule has 0 spiro atoms. The molecule has 3 rings (SSSR count). The highest BCUT2D eigenvalue weighted by atomic mass is 14.4. The van der Waals surface area contributed by atoms with Crippen LogP contribution in [0.5, 0.6) is 0 Å². The first-order valence-corrected chi connectivity index (χ1v) is 5.34. The minimum Gasteiger partial charge on any atom is -0.0943 e. The van der Waals surface area contributed by atoms with Gasteiger partial charge in [-0.3, -0.25) is 0 Å². The quantitative estimate of drug-likeness (QED) is 0.591. The van der Waals surface area contributed by atoms with Gasteiger partial charge in [-0.1, -0.05) is 56.8 Å². The lowest BCUT2D eigenvalue weighted by Crippen LogP contribution is -2.13. The third-order valence-corrected chi connectivity index (χ3v) is 3.66. The third kappa shape index (κ3) is 0.918. The van der Waals surface area contributed by atoms with Crippen molar-refractivity contribution in [3.8, 4) is 0 Å². The van der Waals surface area contributed by atoms with Gasteiger partial charge in [-0.2, -0.15) is 0 Å². The van der Waals surface area contributed by atoms with Gasteiger partial charge in [-0.15, -0.1) is 0 Å². The molecule has 0 atom stereocenters. The van der Waals surface area contributed by atoms with Crippen LogP contribution in [0.3, 0.4) is 0 Å². The summed E-state index contributed by atoms with van der Waals surface area (Å²) in [5, 5.41) is 2.73. The van der Waals surface area contributed by atoms with Crippen LogP contribution in [0.2, 0.25) is 0 Å². The van der Waals surface area contributed by atoms with E-state index in [2.05, 4.69) is 56.8 Å². The molecule has 0 saturated heterocycles. The monoisotopic (exact) mass is 194 g/mol. The predicted molar refractivity (Wildman–Crippen MR) is 66.0 cm³/mol. The molecule has 74 valence electrons. The summed E-state index contributed by atoms with van der Waals surface area (Å²) in [4.78, 5) is 0. The van der Waals surface area contributed by atoms with Gasteiger partial charge in [0.25, 0.3) is 0 Å². The summed E-state index contributed by atoms with van der Waals surface area (Å²) in [7, 11) is 0. The van der Waals surface area contributed by atoms with E-state index in [1.54, 1.807) is 0 Å². The van der Waals surface area contributed by atoms with E-state index in [0.29, 0.717) is 0 Å². The summed E-state index contributed by atoms with van der Waals surface area (Å²) >= 11 is 0. The summed E-state index contributed by atoms with van der Waals surface area (Å²) in [6, 6.07) is 13.0. The zero-order valence-corrected chi connectivity index (χ0v) is 9.17. The lowest BCUT2D eigenvalue weighted by Gasteiger charge is -2.21. The molecule has 0 fully saturated rings. The molecule has 0 radical (unpaired) electrons. The Kier molecular flexibility index (Phi) is 1.46. The van der Waals surface area contributed by atoms with Crippen LogP contribution in [0.4, 0.5) is 0 Å². The Labute approximate surface area is 90.2 Å². The number of benzene rings is 2. The number of allylic oxidation sites excluding steroid dienone is 1. The van der Waals surface area contributed by atoms with Crippen LogP contribution >= 0.6 is 0 Å². The van der Waals surface area contributed by atoms with Crippen molar-refractivity contribution in [2.24, 2.45) is 0 Å². The smallest absolute Gasteiger partial charge is 0.0153 e. The van der Waals surface area contributed by atoms with Gasteiger partial charge >= 0.3 is 0 Å². The Morgan fingerprint density at radius 1 is 1.00 bits per heavy atom. The maximum Gasteiger partial charge on any atom is 0.0153 e. The van der Waals surface area contributed by atoms with E-state index >= 15 is 0 Å². The second kappa shape index (κ2) is 2.52. The molecule has 1 aliphatic rings. The fourth-order valence-electron chi connectivity index (χ4n) is 2.61. The molecule has 1 aliphatic carbocycles. The maximum absolute atomic E-state index is 4.25. The third-order valence-electron chi connectivity index (χ3n) is 3.66. The van der Waals surface area contributed by atoms with Crippen LogP contribution in [0.15, 0.2) is 43.0 Å². The molecule has 0 bridgehead atoms. The zero-order chi connectivity index (χ0) is 10.6. The molecular weight excluding hydrogens is 180 g/mol. The van der Waals surface area contributed by atoms with E-state index in [0.717, 1.165) is 0 Å². The highest BCUT2D eigenvalue weighted by molar-refractivity contribution is 6.04. The number of hydrogen-bond acceptors (Lipinski definition) is 0. The van der Waals surface area contributed by atoms with Crippen molar-refractivity contribution in [3.05, 3.63) is 54.1 Å². The van der Waals surface area contributed by atoms with Gasteiger partial charge in [-0.25, -0.2) is 0 Å². The van der Waals surface area contributed by atoms with Crippen LogP contribution in [0, 0.1) is 0 Å². The van der Waals surface area contributed by atoms with Crippen molar-refractivity contribution in [2.75, 3.05) is 0 Å². The average molecular weight is 194 g/mol. The number of hydrogen-bond donors (Lipinski definition) is 0. The molecule has 0 aliphatic heterocycles. The van der Waals surface area contributed by atoms with Crippen molar-refractivity contribution >= 4 is 16.3 Å². The van der Waals surface area contributed by atoms with Crippen LogP contribution < -0.4 is 0 Å². The number of rotatable bonds is 0. The summed E-state index contributed by atoms with van der Waals surface area (Å²) in [5.41, 5.74) is 4.08. The normalized spacial score (nSPS) is 17.3. The fourth-order valence-corrected chi connectivity index (χ4v) is 2.61. The van der Waals surface area contributed by atoms with Gasteiger partial charge in [0.2, 0.25) is 0 Å². The van der Waals surface area contributed by atoms with E-state index in [4.69, 9.17) is 0 Å². The lowest BCUT2D eigenvalue weighted by molar-refractivity contribution is 0.714. The Morgan fingerprint density at radius 2 is 1.67 bits per heavy atom.